The summed E-state index contributed by atoms with van der Waals surface area (Å²) in [5.74, 6) is -0.315. The molecule has 0 N–H and O–H groups in total. The Morgan fingerprint density at radius 2 is 1.96 bits per heavy atom. The van der Waals surface area contributed by atoms with E-state index >= 15 is 0 Å². The monoisotopic (exact) mass is 412 g/mol. The van der Waals surface area contributed by atoms with Crippen LogP contribution in [-0.2, 0) is 14.1 Å². The minimum Gasteiger partial charge on any atom is -0.464 e. The smallest absolute Gasteiger partial charge is 0.327 e. The van der Waals surface area contributed by atoms with Crippen molar-refractivity contribution in [2.45, 2.75) is 40.7 Å². The fourth-order valence-electron chi connectivity index (χ4n) is 2.47. The Bertz CT molecular complexity index is 817. The minimum atomic E-state index is -2.87. The number of fused-ring (bicyclic) bond motifs is 1. The van der Waals surface area contributed by atoms with E-state index in [1.165, 1.54) is 0 Å². The molecule has 2 rings (SSSR count). The molecule has 1 aromatic carbocycles. The zero-order valence-corrected chi connectivity index (χ0v) is 18.0. The molecule has 0 aliphatic heterocycles. The molecule has 0 saturated heterocycles. The van der Waals surface area contributed by atoms with Gasteiger partial charge in [0.2, 0.25) is 0 Å². The number of nitrogens with zero attached hydrogens (tertiary/aromatic N) is 2. The molecule has 0 amide bonds. The topological polar surface area (TPSA) is 68.7 Å². The van der Waals surface area contributed by atoms with E-state index in [4.69, 9.17) is 20.8 Å². The van der Waals surface area contributed by atoms with Crippen molar-refractivity contribution in [2.75, 3.05) is 6.61 Å². The van der Waals surface area contributed by atoms with Gasteiger partial charge in [-0.05, 0) is 46.8 Å². The van der Waals surface area contributed by atoms with Crippen LogP contribution in [-0.4, -0.2) is 28.4 Å². The SMILES string of the molecule is CC(C)C(C(=O)OCC(C)(C)C)N(Oc1cccc2ncccc12)[PH](=O)Cl. The number of aromatic nitrogens is 1. The molecular formula is C19H26ClN2O4P. The first kappa shape index (κ1) is 21.7. The van der Waals surface area contributed by atoms with E-state index in [0.717, 1.165) is 15.7 Å². The number of rotatable bonds is 7. The highest BCUT2D eigenvalue weighted by Crippen LogP contribution is 2.39. The van der Waals surface area contributed by atoms with Crippen molar-refractivity contribution in [3.63, 3.8) is 0 Å². The Morgan fingerprint density at radius 3 is 2.56 bits per heavy atom. The van der Waals surface area contributed by atoms with Crippen molar-refractivity contribution in [2.24, 2.45) is 11.3 Å². The lowest BCUT2D eigenvalue weighted by molar-refractivity contribution is -0.160. The first-order valence-electron chi connectivity index (χ1n) is 8.77. The van der Waals surface area contributed by atoms with E-state index in [1.54, 1.807) is 24.4 Å². The second kappa shape index (κ2) is 9.05. The van der Waals surface area contributed by atoms with Crippen molar-refractivity contribution in [1.82, 2.24) is 9.82 Å². The maximum atomic E-state index is 12.7. The van der Waals surface area contributed by atoms with Crippen molar-refractivity contribution in [1.29, 1.82) is 0 Å². The molecular weight excluding hydrogens is 387 g/mol. The second-order valence-corrected chi connectivity index (χ2v) is 9.77. The highest BCUT2D eigenvalue weighted by atomic mass is 35.7. The number of hydrogen-bond donors (Lipinski definition) is 0. The summed E-state index contributed by atoms with van der Waals surface area (Å²) in [5.41, 5.74) is 0.539. The number of halogens is 1. The van der Waals surface area contributed by atoms with Crippen LogP contribution in [0, 0.1) is 11.3 Å². The highest BCUT2D eigenvalue weighted by molar-refractivity contribution is 7.71. The summed E-state index contributed by atoms with van der Waals surface area (Å²) in [6, 6.07) is 8.05. The number of carbonyl (C=O) groups excluding carboxylic acids is 1. The van der Waals surface area contributed by atoms with E-state index in [-0.39, 0.29) is 17.9 Å². The summed E-state index contributed by atoms with van der Waals surface area (Å²) >= 11 is 5.94. The van der Waals surface area contributed by atoms with E-state index in [2.05, 4.69) is 4.98 Å². The number of ether oxygens (including phenoxy) is 1. The van der Waals surface area contributed by atoms with Crippen molar-refractivity contribution in [3.05, 3.63) is 36.5 Å². The van der Waals surface area contributed by atoms with Crippen LogP contribution >= 0.6 is 18.5 Å². The zero-order valence-electron chi connectivity index (χ0n) is 16.2. The standard InChI is InChI=1S/C19H26ClN2O4P/c1-13(2)17(18(23)25-12-19(3,4)5)22(27(20)24)26-16-10-6-9-15-14(16)8-7-11-21-15/h6-11,13,17,27H,12H2,1-5H3. The summed E-state index contributed by atoms with van der Waals surface area (Å²) in [4.78, 5) is 23.9. The maximum absolute atomic E-state index is 12.7. The zero-order chi connectivity index (χ0) is 20.2. The molecule has 0 saturated carbocycles. The van der Waals surface area contributed by atoms with Crippen LogP contribution in [0.15, 0.2) is 36.5 Å². The predicted molar refractivity (Wildman–Crippen MR) is 108 cm³/mol. The summed E-state index contributed by atoms with van der Waals surface area (Å²) in [6.45, 7) is 9.78. The van der Waals surface area contributed by atoms with Crippen LogP contribution in [0.1, 0.15) is 34.6 Å². The number of hydrogen-bond acceptors (Lipinski definition) is 5. The lowest BCUT2D eigenvalue weighted by Crippen LogP contribution is -2.44. The van der Waals surface area contributed by atoms with Gasteiger partial charge in [-0.3, -0.25) is 14.3 Å². The summed E-state index contributed by atoms with van der Waals surface area (Å²) in [5, 5.41) is 0.732. The fourth-order valence-corrected chi connectivity index (χ4v) is 3.69. The van der Waals surface area contributed by atoms with Gasteiger partial charge in [0, 0.05) is 11.6 Å². The number of pyridine rings is 1. The summed E-state index contributed by atoms with van der Waals surface area (Å²) in [6.07, 6.45) is 1.68. The van der Waals surface area contributed by atoms with Gasteiger partial charge in [0.1, 0.15) is 0 Å². The quantitative estimate of drug-likeness (QED) is 0.359. The number of carbonyl (C=O) groups is 1. The van der Waals surface area contributed by atoms with Crippen molar-refractivity contribution in [3.8, 4) is 5.75 Å². The van der Waals surface area contributed by atoms with Gasteiger partial charge >= 0.3 is 5.97 Å². The Balaban J connectivity index is 2.32. The van der Waals surface area contributed by atoms with E-state index in [9.17, 15) is 9.36 Å². The lowest BCUT2D eigenvalue weighted by Gasteiger charge is -2.30. The van der Waals surface area contributed by atoms with Gasteiger partial charge in [-0.1, -0.05) is 45.5 Å². The van der Waals surface area contributed by atoms with Gasteiger partial charge < -0.3 is 9.57 Å². The average Bonchev–Trinajstić information content (AvgIpc) is 2.58. The van der Waals surface area contributed by atoms with Gasteiger partial charge in [-0.2, -0.15) is 0 Å². The molecule has 2 unspecified atom stereocenters. The first-order valence-corrected chi connectivity index (χ1v) is 11.1. The predicted octanol–water partition coefficient (Wildman–Crippen LogP) is 5.07. The van der Waals surface area contributed by atoms with E-state index in [1.807, 2.05) is 46.8 Å². The molecule has 8 heteroatoms. The van der Waals surface area contributed by atoms with Crippen molar-refractivity contribution < 1.29 is 18.9 Å². The van der Waals surface area contributed by atoms with Crippen molar-refractivity contribution >= 4 is 35.4 Å². The maximum Gasteiger partial charge on any atom is 0.327 e. The Labute approximate surface area is 165 Å². The molecule has 1 aromatic heterocycles. The largest absolute Gasteiger partial charge is 0.464 e. The molecule has 6 nitrogen and oxygen atoms in total. The van der Waals surface area contributed by atoms with Crippen LogP contribution in [0.25, 0.3) is 10.9 Å². The molecule has 2 atom stereocenters. The van der Waals surface area contributed by atoms with Gasteiger partial charge in [0.25, 0.3) is 7.30 Å². The molecule has 0 radical (unpaired) electrons. The number of esters is 1. The third kappa shape index (κ3) is 5.93. The second-order valence-electron chi connectivity index (χ2n) is 7.85. The Kier molecular flexibility index (Phi) is 7.26. The first-order chi connectivity index (χ1) is 12.6. The third-order valence-corrected chi connectivity index (χ3v) is 4.96. The normalized spacial score (nSPS) is 14.4. The average molecular weight is 413 g/mol. The Morgan fingerprint density at radius 1 is 1.26 bits per heavy atom. The number of hydroxylamine groups is 1. The van der Waals surface area contributed by atoms with Crippen LogP contribution < -0.4 is 4.84 Å². The summed E-state index contributed by atoms with van der Waals surface area (Å²) in [7, 11) is -2.87. The molecule has 0 fully saturated rings. The van der Waals surface area contributed by atoms with Gasteiger partial charge in [-0.25, -0.2) is 0 Å². The minimum absolute atomic E-state index is 0.184. The molecule has 148 valence electrons. The molecule has 1 heterocycles. The molecule has 0 aliphatic rings. The fraction of sp³-hybridized carbons (Fsp3) is 0.474. The molecule has 0 bridgehead atoms. The molecule has 0 aliphatic carbocycles. The number of benzene rings is 1. The van der Waals surface area contributed by atoms with Crippen LogP contribution in [0.4, 0.5) is 0 Å². The third-order valence-electron chi connectivity index (χ3n) is 3.75. The lowest BCUT2D eigenvalue weighted by atomic mass is 9.98. The molecule has 2 aromatic rings. The van der Waals surface area contributed by atoms with Gasteiger partial charge in [0.05, 0.1) is 12.1 Å². The van der Waals surface area contributed by atoms with Gasteiger partial charge in [-0.15, -0.1) is 0 Å². The van der Waals surface area contributed by atoms with Crippen LogP contribution in [0.5, 0.6) is 5.75 Å². The van der Waals surface area contributed by atoms with Crippen LogP contribution in [0.3, 0.4) is 0 Å². The molecule has 0 spiro atoms. The Hall–Kier alpha value is -1.62. The van der Waals surface area contributed by atoms with E-state index < -0.39 is 19.3 Å². The summed E-state index contributed by atoms with van der Waals surface area (Å²) < 4.78 is 17.7. The molecule has 27 heavy (non-hydrogen) atoms. The van der Waals surface area contributed by atoms with Crippen LogP contribution in [0.2, 0.25) is 0 Å². The highest BCUT2D eigenvalue weighted by Gasteiger charge is 2.36. The van der Waals surface area contributed by atoms with E-state index in [0.29, 0.717) is 5.75 Å². The van der Waals surface area contributed by atoms with Gasteiger partial charge in [0.15, 0.2) is 11.8 Å².